The fourth-order valence-electron chi connectivity index (χ4n) is 1.71. The molecule has 0 atom stereocenters. The second-order valence-corrected chi connectivity index (χ2v) is 5.77. The molecule has 0 aliphatic heterocycles. The second-order valence-electron chi connectivity index (χ2n) is 3.45. The molecule has 4 heteroatoms. The summed E-state index contributed by atoms with van der Waals surface area (Å²) in [5, 5.41) is 10.3. The van der Waals surface area contributed by atoms with Crippen molar-refractivity contribution in [3.05, 3.63) is 28.6 Å². The number of hydrogen-bond donors (Lipinski definition) is 1. The summed E-state index contributed by atoms with van der Waals surface area (Å²) in [6.07, 6.45) is 0. The van der Waals surface area contributed by atoms with Crippen LogP contribution in [0.4, 0.5) is 0 Å². The minimum absolute atomic E-state index is 0.469. The second kappa shape index (κ2) is 4.47. The van der Waals surface area contributed by atoms with Gasteiger partial charge in [0.2, 0.25) is 0 Å². The van der Waals surface area contributed by atoms with Crippen molar-refractivity contribution in [3.63, 3.8) is 0 Å². The first-order chi connectivity index (χ1) is 7.65. The van der Waals surface area contributed by atoms with Crippen LogP contribution in [0.15, 0.2) is 23.1 Å². The SMILES string of the molecule is CCSc1c(C(=O)O)sc2cccc(C)c12. The number of aromatic carboxylic acids is 1. The van der Waals surface area contributed by atoms with Gasteiger partial charge in [-0.3, -0.25) is 0 Å². The van der Waals surface area contributed by atoms with Crippen LogP contribution in [0.25, 0.3) is 10.1 Å². The lowest BCUT2D eigenvalue weighted by molar-refractivity contribution is 0.0699. The van der Waals surface area contributed by atoms with Crippen molar-refractivity contribution in [1.82, 2.24) is 0 Å². The van der Waals surface area contributed by atoms with Gasteiger partial charge in [0.1, 0.15) is 4.88 Å². The normalized spacial score (nSPS) is 10.9. The van der Waals surface area contributed by atoms with Crippen molar-refractivity contribution in [2.45, 2.75) is 18.7 Å². The van der Waals surface area contributed by atoms with Gasteiger partial charge in [0.15, 0.2) is 0 Å². The molecule has 2 nitrogen and oxygen atoms in total. The number of thioether (sulfide) groups is 1. The average Bonchev–Trinajstić information content (AvgIpc) is 2.59. The molecule has 1 aromatic carbocycles. The topological polar surface area (TPSA) is 37.3 Å². The Bertz CT molecular complexity index is 543. The third-order valence-electron chi connectivity index (χ3n) is 2.36. The van der Waals surface area contributed by atoms with Crippen LogP contribution >= 0.6 is 23.1 Å². The van der Waals surface area contributed by atoms with Gasteiger partial charge in [-0.25, -0.2) is 4.79 Å². The lowest BCUT2D eigenvalue weighted by atomic mass is 10.1. The zero-order valence-corrected chi connectivity index (χ0v) is 10.7. The van der Waals surface area contributed by atoms with Gasteiger partial charge in [0.25, 0.3) is 0 Å². The Kier molecular flexibility index (Phi) is 3.21. The number of aryl methyl sites for hydroxylation is 1. The van der Waals surface area contributed by atoms with Crippen LogP contribution in [0.2, 0.25) is 0 Å². The third-order valence-corrected chi connectivity index (χ3v) is 4.62. The number of rotatable bonds is 3. The summed E-state index contributed by atoms with van der Waals surface area (Å²) in [6, 6.07) is 5.99. The van der Waals surface area contributed by atoms with Crippen LogP contribution in [0.3, 0.4) is 0 Å². The average molecular weight is 252 g/mol. The molecule has 0 amide bonds. The fourth-order valence-corrected chi connectivity index (χ4v) is 4.01. The van der Waals surface area contributed by atoms with Crippen LogP contribution in [0.5, 0.6) is 0 Å². The first kappa shape index (κ1) is 11.5. The summed E-state index contributed by atoms with van der Waals surface area (Å²) in [4.78, 5) is 12.6. The van der Waals surface area contributed by atoms with Gasteiger partial charge in [0, 0.05) is 15.0 Å². The van der Waals surface area contributed by atoms with E-state index in [-0.39, 0.29) is 0 Å². The lowest BCUT2D eigenvalue weighted by Crippen LogP contribution is -1.94. The van der Waals surface area contributed by atoms with Crippen LogP contribution in [-0.4, -0.2) is 16.8 Å². The quantitative estimate of drug-likeness (QED) is 0.838. The number of thiophene rings is 1. The smallest absolute Gasteiger partial charge is 0.347 e. The number of carbonyl (C=O) groups is 1. The van der Waals surface area contributed by atoms with E-state index in [2.05, 4.69) is 0 Å². The Labute approximate surface area is 102 Å². The highest BCUT2D eigenvalue weighted by atomic mass is 32.2. The number of hydrogen-bond acceptors (Lipinski definition) is 3. The molecule has 84 valence electrons. The van der Waals surface area contributed by atoms with Gasteiger partial charge < -0.3 is 5.11 Å². The van der Waals surface area contributed by atoms with E-state index in [9.17, 15) is 9.90 Å². The molecule has 16 heavy (non-hydrogen) atoms. The van der Waals surface area contributed by atoms with Crippen LogP contribution in [0.1, 0.15) is 22.2 Å². The van der Waals surface area contributed by atoms with Crippen LogP contribution < -0.4 is 0 Å². The number of carboxylic acids is 1. The van der Waals surface area contributed by atoms with Crippen LogP contribution in [-0.2, 0) is 0 Å². The van der Waals surface area contributed by atoms with E-state index in [1.807, 2.05) is 32.0 Å². The summed E-state index contributed by atoms with van der Waals surface area (Å²) >= 11 is 2.98. The standard InChI is InChI=1S/C12H12O2S2/c1-3-15-10-9-7(2)5-4-6-8(9)16-11(10)12(13)14/h4-6H,3H2,1-2H3,(H,13,14). The molecule has 0 saturated carbocycles. The Morgan fingerprint density at radius 1 is 1.50 bits per heavy atom. The highest BCUT2D eigenvalue weighted by Gasteiger charge is 2.18. The monoisotopic (exact) mass is 252 g/mol. The van der Waals surface area contributed by atoms with E-state index in [1.54, 1.807) is 11.8 Å². The molecular formula is C12H12O2S2. The Hall–Kier alpha value is -1.00. The molecule has 0 saturated heterocycles. The Morgan fingerprint density at radius 3 is 2.88 bits per heavy atom. The predicted octanol–water partition coefficient (Wildman–Crippen LogP) is 4.02. The third kappa shape index (κ3) is 1.83. The molecule has 0 aliphatic rings. The van der Waals surface area contributed by atoms with E-state index in [1.165, 1.54) is 11.3 Å². The van der Waals surface area contributed by atoms with Gasteiger partial charge in [-0.15, -0.1) is 23.1 Å². The molecule has 1 aromatic heterocycles. The minimum atomic E-state index is -0.823. The van der Waals surface area contributed by atoms with E-state index >= 15 is 0 Å². The van der Waals surface area contributed by atoms with Gasteiger partial charge in [-0.05, 0) is 24.3 Å². The maximum absolute atomic E-state index is 11.2. The largest absolute Gasteiger partial charge is 0.477 e. The van der Waals surface area contributed by atoms with Crippen molar-refractivity contribution >= 4 is 39.2 Å². The number of benzene rings is 1. The van der Waals surface area contributed by atoms with E-state index in [0.717, 1.165) is 26.3 Å². The number of carboxylic acid groups (broad SMARTS) is 1. The van der Waals surface area contributed by atoms with Crippen molar-refractivity contribution in [2.24, 2.45) is 0 Å². The zero-order valence-electron chi connectivity index (χ0n) is 9.11. The summed E-state index contributed by atoms with van der Waals surface area (Å²) in [5.41, 5.74) is 1.15. The fraction of sp³-hybridized carbons (Fsp3) is 0.250. The van der Waals surface area contributed by atoms with Crippen molar-refractivity contribution in [1.29, 1.82) is 0 Å². The van der Waals surface area contributed by atoms with Gasteiger partial charge >= 0.3 is 5.97 Å². The maximum atomic E-state index is 11.2. The molecule has 0 radical (unpaired) electrons. The first-order valence-electron chi connectivity index (χ1n) is 5.03. The van der Waals surface area contributed by atoms with Crippen molar-refractivity contribution < 1.29 is 9.90 Å². The Balaban J connectivity index is 2.77. The Morgan fingerprint density at radius 2 is 2.25 bits per heavy atom. The molecule has 0 spiro atoms. The molecular weight excluding hydrogens is 240 g/mol. The van der Waals surface area contributed by atoms with E-state index < -0.39 is 5.97 Å². The lowest BCUT2D eigenvalue weighted by Gasteiger charge is -2.01. The maximum Gasteiger partial charge on any atom is 0.347 e. The van der Waals surface area contributed by atoms with Gasteiger partial charge in [-0.1, -0.05) is 19.1 Å². The highest BCUT2D eigenvalue weighted by molar-refractivity contribution is 7.99. The molecule has 0 unspecified atom stereocenters. The summed E-state index contributed by atoms with van der Waals surface area (Å²) in [5.74, 6) is 0.0667. The first-order valence-corrected chi connectivity index (χ1v) is 6.83. The van der Waals surface area contributed by atoms with Gasteiger partial charge in [-0.2, -0.15) is 0 Å². The van der Waals surface area contributed by atoms with E-state index in [0.29, 0.717) is 4.88 Å². The molecule has 2 rings (SSSR count). The highest BCUT2D eigenvalue weighted by Crippen LogP contribution is 2.39. The zero-order chi connectivity index (χ0) is 11.7. The molecule has 0 aliphatic carbocycles. The summed E-state index contributed by atoms with van der Waals surface area (Å²) < 4.78 is 1.06. The molecule has 2 aromatic rings. The van der Waals surface area contributed by atoms with Crippen LogP contribution in [0, 0.1) is 6.92 Å². The molecule has 1 heterocycles. The van der Waals surface area contributed by atoms with Crippen molar-refractivity contribution in [2.75, 3.05) is 5.75 Å². The van der Waals surface area contributed by atoms with E-state index in [4.69, 9.17) is 0 Å². The minimum Gasteiger partial charge on any atom is -0.477 e. The number of fused-ring (bicyclic) bond motifs is 1. The molecule has 0 fully saturated rings. The van der Waals surface area contributed by atoms with Gasteiger partial charge in [0.05, 0.1) is 0 Å². The summed E-state index contributed by atoms with van der Waals surface area (Å²) in [6.45, 7) is 4.07. The molecule has 0 bridgehead atoms. The summed E-state index contributed by atoms with van der Waals surface area (Å²) in [7, 11) is 0. The molecule has 1 N–H and O–H groups in total. The van der Waals surface area contributed by atoms with Crippen molar-refractivity contribution in [3.8, 4) is 0 Å². The predicted molar refractivity (Wildman–Crippen MR) is 69.9 cm³/mol.